The third kappa shape index (κ3) is 3.25. The van der Waals surface area contributed by atoms with E-state index in [0.29, 0.717) is 30.8 Å². The SMILES string of the molecule is O=C1c2ccccc2C(=O)N1CC1CN(Cc2cccc(F)c2)CCO1. The van der Waals surface area contributed by atoms with Crippen LogP contribution in [0.15, 0.2) is 48.5 Å². The Morgan fingerprint density at radius 3 is 2.46 bits per heavy atom. The summed E-state index contributed by atoms with van der Waals surface area (Å²) >= 11 is 0. The normalized spacial score (nSPS) is 20.5. The van der Waals surface area contributed by atoms with Gasteiger partial charge in [0.15, 0.2) is 0 Å². The number of hydrogen-bond donors (Lipinski definition) is 0. The van der Waals surface area contributed by atoms with Gasteiger partial charge < -0.3 is 4.74 Å². The molecule has 1 unspecified atom stereocenters. The van der Waals surface area contributed by atoms with E-state index >= 15 is 0 Å². The molecule has 26 heavy (non-hydrogen) atoms. The Kier molecular flexibility index (Phi) is 4.53. The van der Waals surface area contributed by atoms with Crippen molar-refractivity contribution in [3.8, 4) is 0 Å². The summed E-state index contributed by atoms with van der Waals surface area (Å²) in [7, 11) is 0. The van der Waals surface area contributed by atoms with Gasteiger partial charge in [-0.25, -0.2) is 4.39 Å². The van der Waals surface area contributed by atoms with Crippen LogP contribution >= 0.6 is 0 Å². The third-order valence-electron chi connectivity index (χ3n) is 4.78. The standard InChI is InChI=1S/C20H19FN2O3/c21-15-5-3-4-14(10-15)11-22-8-9-26-16(12-22)13-23-19(24)17-6-1-2-7-18(17)20(23)25/h1-7,10,16H,8-9,11-13H2. The Morgan fingerprint density at radius 1 is 1.04 bits per heavy atom. The number of hydrogen-bond acceptors (Lipinski definition) is 4. The Hall–Kier alpha value is -2.57. The van der Waals surface area contributed by atoms with Crippen molar-refractivity contribution in [2.75, 3.05) is 26.2 Å². The van der Waals surface area contributed by atoms with Crippen LogP contribution in [0.3, 0.4) is 0 Å². The molecule has 5 nitrogen and oxygen atoms in total. The van der Waals surface area contributed by atoms with Gasteiger partial charge in [0, 0.05) is 19.6 Å². The summed E-state index contributed by atoms with van der Waals surface area (Å²) in [6.07, 6.45) is -0.250. The van der Waals surface area contributed by atoms with Crippen LogP contribution < -0.4 is 0 Å². The van der Waals surface area contributed by atoms with E-state index in [2.05, 4.69) is 4.90 Å². The average molecular weight is 354 g/mol. The molecule has 0 radical (unpaired) electrons. The fraction of sp³-hybridized carbons (Fsp3) is 0.300. The molecule has 0 saturated carbocycles. The second-order valence-corrected chi connectivity index (χ2v) is 6.62. The summed E-state index contributed by atoms with van der Waals surface area (Å²) in [6.45, 7) is 2.67. The maximum Gasteiger partial charge on any atom is 0.261 e. The summed E-state index contributed by atoms with van der Waals surface area (Å²) in [5.41, 5.74) is 1.79. The summed E-state index contributed by atoms with van der Waals surface area (Å²) in [6, 6.07) is 13.4. The van der Waals surface area contributed by atoms with Crippen LogP contribution in [0.1, 0.15) is 26.3 Å². The molecule has 2 aliphatic heterocycles. The molecule has 2 aromatic rings. The van der Waals surface area contributed by atoms with Gasteiger partial charge in [0.25, 0.3) is 11.8 Å². The number of imide groups is 1. The van der Waals surface area contributed by atoms with Crippen LogP contribution in [-0.2, 0) is 11.3 Å². The van der Waals surface area contributed by atoms with Gasteiger partial charge in [0.1, 0.15) is 5.82 Å². The van der Waals surface area contributed by atoms with Crippen LogP contribution in [0.4, 0.5) is 4.39 Å². The molecule has 2 amide bonds. The number of morpholine rings is 1. The Bertz CT molecular complexity index is 819. The number of rotatable bonds is 4. The summed E-state index contributed by atoms with van der Waals surface area (Å²) in [5, 5.41) is 0. The predicted octanol–water partition coefficient (Wildman–Crippen LogP) is 2.32. The number of fused-ring (bicyclic) bond motifs is 1. The molecule has 1 atom stereocenters. The lowest BCUT2D eigenvalue weighted by Gasteiger charge is -2.34. The van der Waals surface area contributed by atoms with Crippen LogP contribution in [0, 0.1) is 5.82 Å². The summed E-state index contributed by atoms with van der Waals surface area (Å²) in [4.78, 5) is 28.4. The molecule has 0 bridgehead atoms. The molecule has 4 rings (SSSR count). The van der Waals surface area contributed by atoms with E-state index in [1.54, 1.807) is 30.3 Å². The Morgan fingerprint density at radius 2 is 1.77 bits per heavy atom. The second-order valence-electron chi connectivity index (χ2n) is 6.62. The van der Waals surface area contributed by atoms with Crippen LogP contribution in [0.25, 0.3) is 0 Å². The smallest absolute Gasteiger partial charge is 0.261 e. The lowest BCUT2D eigenvalue weighted by molar-refractivity contribution is -0.0400. The lowest BCUT2D eigenvalue weighted by Crippen LogP contribution is -2.48. The summed E-state index contributed by atoms with van der Waals surface area (Å²) < 4.78 is 19.1. The third-order valence-corrected chi connectivity index (χ3v) is 4.78. The van der Waals surface area contributed by atoms with E-state index in [-0.39, 0.29) is 30.3 Å². The zero-order valence-corrected chi connectivity index (χ0v) is 14.2. The Labute approximate surface area is 151 Å². The molecule has 1 saturated heterocycles. The molecule has 134 valence electrons. The maximum absolute atomic E-state index is 13.4. The van der Waals surface area contributed by atoms with Crippen LogP contribution in [-0.4, -0.2) is 54.0 Å². The molecular formula is C20H19FN2O3. The van der Waals surface area contributed by atoms with Gasteiger partial charge in [-0.3, -0.25) is 19.4 Å². The average Bonchev–Trinajstić information content (AvgIpc) is 2.88. The first-order chi connectivity index (χ1) is 12.6. The summed E-state index contributed by atoms with van der Waals surface area (Å²) in [5.74, 6) is -0.786. The first kappa shape index (κ1) is 16.9. The highest BCUT2D eigenvalue weighted by Crippen LogP contribution is 2.23. The largest absolute Gasteiger partial charge is 0.374 e. The molecule has 2 heterocycles. The molecule has 1 fully saturated rings. The van der Waals surface area contributed by atoms with Crippen LogP contribution in [0.5, 0.6) is 0 Å². The van der Waals surface area contributed by atoms with E-state index in [1.807, 2.05) is 6.07 Å². The van der Waals surface area contributed by atoms with Crippen molar-refractivity contribution in [3.63, 3.8) is 0 Å². The molecule has 0 aromatic heterocycles. The molecular weight excluding hydrogens is 335 g/mol. The van der Waals surface area contributed by atoms with Crippen molar-refractivity contribution in [2.45, 2.75) is 12.6 Å². The lowest BCUT2D eigenvalue weighted by atomic mass is 10.1. The quantitative estimate of drug-likeness (QED) is 0.791. The highest BCUT2D eigenvalue weighted by Gasteiger charge is 2.37. The van der Waals surface area contributed by atoms with Crippen molar-refractivity contribution in [3.05, 3.63) is 71.0 Å². The van der Waals surface area contributed by atoms with E-state index < -0.39 is 0 Å². The molecule has 0 N–H and O–H groups in total. The van der Waals surface area contributed by atoms with Gasteiger partial charge in [-0.15, -0.1) is 0 Å². The van der Waals surface area contributed by atoms with Crippen molar-refractivity contribution >= 4 is 11.8 Å². The highest BCUT2D eigenvalue weighted by molar-refractivity contribution is 6.21. The number of benzene rings is 2. The van der Waals surface area contributed by atoms with Gasteiger partial charge in [0.2, 0.25) is 0 Å². The molecule has 2 aromatic carbocycles. The van der Waals surface area contributed by atoms with Gasteiger partial charge >= 0.3 is 0 Å². The highest BCUT2D eigenvalue weighted by atomic mass is 19.1. The van der Waals surface area contributed by atoms with Crippen molar-refractivity contribution in [1.82, 2.24) is 9.80 Å². The van der Waals surface area contributed by atoms with E-state index in [9.17, 15) is 14.0 Å². The van der Waals surface area contributed by atoms with E-state index in [1.165, 1.54) is 17.0 Å². The maximum atomic E-state index is 13.4. The van der Waals surface area contributed by atoms with E-state index in [0.717, 1.165) is 12.1 Å². The topological polar surface area (TPSA) is 49.9 Å². The minimum Gasteiger partial charge on any atom is -0.374 e. The zero-order valence-electron chi connectivity index (χ0n) is 14.2. The monoisotopic (exact) mass is 354 g/mol. The second kappa shape index (κ2) is 6.97. The minimum atomic E-state index is -0.267. The number of carbonyl (C=O) groups is 2. The number of halogens is 1. The number of amides is 2. The van der Waals surface area contributed by atoms with Gasteiger partial charge in [-0.05, 0) is 29.8 Å². The zero-order chi connectivity index (χ0) is 18.1. The van der Waals surface area contributed by atoms with E-state index in [4.69, 9.17) is 4.74 Å². The van der Waals surface area contributed by atoms with Gasteiger partial charge in [0.05, 0.1) is 30.4 Å². The van der Waals surface area contributed by atoms with Gasteiger partial charge in [-0.1, -0.05) is 24.3 Å². The Balaban J connectivity index is 1.41. The molecule has 0 spiro atoms. The van der Waals surface area contributed by atoms with Crippen molar-refractivity contribution in [2.24, 2.45) is 0 Å². The van der Waals surface area contributed by atoms with Crippen molar-refractivity contribution in [1.29, 1.82) is 0 Å². The molecule has 0 aliphatic carbocycles. The fourth-order valence-corrected chi connectivity index (χ4v) is 3.54. The minimum absolute atomic E-state index is 0.228. The first-order valence-corrected chi connectivity index (χ1v) is 8.65. The predicted molar refractivity (Wildman–Crippen MR) is 93.2 cm³/mol. The van der Waals surface area contributed by atoms with Crippen molar-refractivity contribution < 1.29 is 18.7 Å². The molecule has 2 aliphatic rings. The number of ether oxygens (including phenoxy) is 1. The fourth-order valence-electron chi connectivity index (χ4n) is 3.54. The van der Waals surface area contributed by atoms with Gasteiger partial charge in [-0.2, -0.15) is 0 Å². The number of nitrogens with zero attached hydrogens (tertiary/aromatic N) is 2. The first-order valence-electron chi connectivity index (χ1n) is 8.65. The van der Waals surface area contributed by atoms with Crippen LogP contribution in [0.2, 0.25) is 0 Å². The number of carbonyl (C=O) groups excluding carboxylic acids is 2. The molecule has 6 heteroatoms.